The fourth-order valence-electron chi connectivity index (χ4n) is 1.30. The number of halogens is 1. The second-order valence-corrected chi connectivity index (χ2v) is 2.82. The summed E-state index contributed by atoms with van der Waals surface area (Å²) in [6.07, 6.45) is 0. The fourth-order valence-corrected chi connectivity index (χ4v) is 1.30. The third-order valence-corrected chi connectivity index (χ3v) is 1.92. The maximum Gasteiger partial charge on any atom is 0.337 e. The Morgan fingerprint density at radius 1 is 1.29 bits per heavy atom. The van der Waals surface area contributed by atoms with Gasteiger partial charge in [0.05, 0.1) is 11.1 Å². The van der Waals surface area contributed by atoms with E-state index >= 15 is 0 Å². The predicted molar refractivity (Wildman–Crippen MR) is 48.7 cm³/mol. The molecule has 0 bridgehead atoms. The number of pyridine rings is 1. The summed E-state index contributed by atoms with van der Waals surface area (Å²) in [4.78, 5) is 14.3. The van der Waals surface area contributed by atoms with Crippen LogP contribution in [0.2, 0.25) is 0 Å². The van der Waals surface area contributed by atoms with E-state index in [2.05, 4.69) is 4.98 Å². The number of hydrogen-bond donors (Lipinski definition) is 1. The van der Waals surface area contributed by atoms with E-state index in [4.69, 9.17) is 5.11 Å². The van der Waals surface area contributed by atoms with Gasteiger partial charge in [0.25, 0.3) is 0 Å². The summed E-state index contributed by atoms with van der Waals surface area (Å²) in [6.45, 7) is 0. The van der Waals surface area contributed by atoms with Gasteiger partial charge in [-0.2, -0.15) is 4.39 Å². The van der Waals surface area contributed by atoms with E-state index in [0.29, 0.717) is 5.39 Å². The van der Waals surface area contributed by atoms with Gasteiger partial charge < -0.3 is 5.11 Å². The highest BCUT2D eigenvalue weighted by Gasteiger charge is 2.09. The molecular weight excluding hydrogens is 185 g/mol. The van der Waals surface area contributed by atoms with Crippen LogP contribution in [-0.4, -0.2) is 16.1 Å². The maximum absolute atomic E-state index is 12.8. The highest BCUT2D eigenvalue weighted by molar-refractivity contribution is 6.01. The van der Waals surface area contributed by atoms with E-state index in [1.807, 2.05) is 0 Å². The second kappa shape index (κ2) is 3.06. The molecule has 70 valence electrons. The Hall–Kier alpha value is -1.97. The molecule has 1 aromatic carbocycles. The Balaban J connectivity index is 2.84. The van der Waals surface area contributed by atoms with Crippen molar-refractivity contribution in [2.24, 2.45) is 0 Å². The summed E-state index contributed by atoms with van der Waals surface area (Å²) in [6, 6.07) is 7.40. The number of rotatable bonds is 1. The molecule has 0 radical (unpaired) electrons. The molecule has 4 heteroatoms. The smallest absolute Gasteiger partial charge is 0.337 e. The number of carboxylic acid groups (broad SMARTS) is 1. The van der Waals surface area contributed by atoms with Gasteiger partial charge in [0.2, 0.25) is 5.95 Å². The van der Waals surface area contributed by atoms with Crippen molar-refractivity contribution < 1.29 is 14.3 Å². The van der Waals surface area contributed by atoms with Gasteiger partial charge in [-0.1, -0.05) is 12.1 Å². The second-order valence-electron chi connectivity index (χ2n) is 2.82. The molecule has 14 heavy (non-hydrogen) atoms. The fraction of sp³-hybridized carbons (Fsp3) is 0. The van der Waals surface area contributed by atoms with Crippen LogP contribution in [0.3, 0.4) is 0 Å². The van der Waals surface area contributed by atoms with Gasteiger partial charge in [0.1, 0.15) is 0 Å². The number of nitrogens with zero attached hydrogens (tertiary/aromatic N) is 1. The number of para-hydroxylation sites is 1. The topological polar surface area (TPSA) is 50.2 Å². The minimum Gasteiger partial charge on any atom is -0.478 e. The van der Waals surface area contributed by atoms with Crippen molar-refractivity contribution in [2.45, 2.75) is 0 Å². The van der Waals surface area contributed by atoms with Crippen molar-refractivity contribution in [3.8, 4) is 0 Å². The number of hydrogen-bond acceptors (Lipinski definition) is 2. The Labute approximate surface area is 78.8 Å². The lowest BCUT2D eigenvalue weighted by Crippen LogP contribution is -1.99. The molecule has 2 aromatic rings. The highest BCUT2D eigenvalue weighted by atomic mass is 19.1. The molecule has 0 amide bonds. The summed E-state index contributed by atoms with van der Waals surface area (Å²) >= 11 is 0. The van der Waals surface area contributed by atoms with Gasteiger partial charge in [-0.15, -0.1) is 0 Å². The van der Waals surface area contributed by atoms with Gasteiger partial charge in [-0.05, 0) is 18.2 Å². The molecule has 1 N–H and O–H groups in total. The standard InChI is InChI=1S/C10H6FNO2/c11-8-5-4-6-2-1-3-7(10(13)14)9(6)12-8/h1-5H,(H,13,14). The lowest BCUT2D eigenvalue weighted by atomic mass is 10.1. The van der Waals surface area contributed by atoms with Crippen LogP contribution < -0.4 is 0 Å². The Bertz CT molecular complexity index is 510. The van der Waals surface area contributed by atoms with Gasteiger partial charge in [-0.3, -0.25) is 0 Å². The molecule has 3 nitrogen and oxygen atoms in total. The molecule has 1 aromatic heterocycles. The zero-order valence-corrected chi connectivity index (χ0v) is 7.07. The summed E-state index contributed by atoms with van der Waals surface area (Å²) in [5.74, 6) is -1.78. The predicted octanol–water partition coefficient (Wildman–Crippen LogP) is 2.07. The molecule has 0 saturated carbocycles. The Morgan fingerprint density at radius 3 is 2.79 bits per heavy atom. The van der Waals surface area contributed by atoms with E-state index in [1.54, 1.807) is 12.1 Å². The molecule has 0 saturated heterocycles. The van der Waals surface area contributed by atoms with Crippen molar-refractivity contribution in [3.05, 3.63) is 41.8 Å². The lowest BCUT2D eigenvalue weighted by Gasteiger charge is -2.00. The van der Waals surface area contributed by atoms with Crippen LogP contribution >= 0.6 is 0 Å². The van der Waals surface area contributed by atoms with Gasteiger partial charge >= 0.3 is 5.97 Å². The average molecular weight is 191 g/mol. The number of aromatic nitrogens is 1. The first-order valence-corrected chi connectivity index (χ1v) is 3.97. The zero-order valence-electron chi connectivity index (χ0n) is 7.07. The number of aromatic carboxylic acids is 1. The minimum atomic E-state index is -1.10. The molecule has 0 atom stereocenters. The van der Waals surface area contributed by atoms with Crippen molar-refractivity contribution >= 4 is 16.9 Å². The number of carbonyl (C=O) groups is 1. The molecule has 2 rings (SSSR count). The van der Waals surface area contributed by atoms with Crippen molar-refractivity contribution in [3.63, 3.8) is 0 Å². The van der Waals surface area contributed by atoms with E-state index < -0.39 is 11.9 Å². The molecule has 1 heterocycles. The van der Waals surface area contributed by atoms with Crippen LogP contribution in [-0.2, 0) is 0 Å². The van der Waals surface area contributed by atoms with Crippen LogP contribution in [0.1, 0.15) is 10.4 Å². The number of fused-ring (bicyclic) bond motifs is 1. The maximum atomic E-state index is 12.8. The van der Waals surface area contributed by atoms with E-state index in [0.717, 1.165) is 0 Å². The minimum absolute atomic E-state index is 0.0157. The summed E-state index contributed by atoms with van der Waals surface area (Å²) in [7, 11) is 0. The third kappa shape index (κ3) is 1.31. The van der Waals surface area contributed by atoms with Crippen LogP contribution in [0.15, 0.2) is 30.3 Å². The SMILES string of the molecule is O=C(O)c1cccc2ccc(F)nc12. The zero-order chi connectivity index (χ0) is 10.1. The van der Waals surface area contributed by atoms with Crippen LogP contribution in [0.4, 0.5) is 4.39 Å². The van der Waals surface area contributed by atoms with Crippen molar-refractivity contribution in [1.29, 1.82) is 0 Å². The monoisotopic (exact) mass is 191 g/mol. The molecular formula is C10H6FNO2. The number of benzene rings is 1. The van der Waals surface area contributed by atoms with E-state index in [-0.39, 0.29) is 11.1 Å². The largest absolute Gasteiger partial charge is 0.478 e. The average Bonchev–Trinajstić information content (AvgIpc) is 2.16. The van der Waals surface area contributed by atoms with Crippen molar-refractivity contribution in [1.82, 2.24) is 4.98 Å². The lowest BCUT2D eigenvalue weighted by molar-refractivity contribution is 0.0699. The quantitative estimate of drug-likeness (QED) is 0.702. The van der Waals surface area contributed by atoms with Gasteiger partial charge in [-0.25, -0.2) is 9.78 Å². The molecule has 0 aliphatic carbocycles. The molecule has 0 spiro atoms. The van der Waals surface area contributed by atoms with Crippen LogP contribution in [0, 0.1) is 5.95 Å². The number of carboxylic acids is 1. The van der Waals surface area contributed by atoms with Gasteiger partial charge in [0.15, 0.2) is 0 Å². The summed E-state index contributed by atoms with van der Waals surface area (Å²) in [5.41, 5.74) is 0.196. The first kappa shape index (κ1) is 8.62. The Morgan fingerprint density at radius 2 is 2.07 bits per heavy atom. The van der Waals surface area contributed by atoms with E-state index in [9.17, 15) is 9.18 Å². The first-order chi connectivity index (χ1) is 6.68. The molecule has 0 unspecified atom stereocenters. The molecule has 0 aliphatic heterocycles. The third-order valence-electron chi connectivity index (χ3n) is 1.92. The Kier molecular flexibility index (Phi) is 1.89. The van der Waals surface area contributed by atoms with Crippen LogP contribution in [0.25, 0.3) is 10.9 Å². The van der Waals surface area contributed by atoms with E-state index in [1.165, 1.54) is 18.2 Å². The van der Waals surface area contributed by atoms with Gasteiger partial charge in [0, 0.05) is 5.39 Å². The normalized spacial score (nSPS) is 10.4. The van der Waals surface area contributed by atoms with Crippen LogP contribution in [0.5, 0.6) is 0 Å². The molecule has 0 fully saturated rings. The summed E-state index contributed by atoms with van der Waals surface area (Å²) < 4.78 is 12.8. The molecule has 0 aliphatic rings. The first-order valence-electron chi connectivity index (χ1n) is 3.97. The highest BCUT2D eigenvalue weighted by Crippen LogP contribution is 2.16. The van der Waals surface area contributed by atoms with Crippen molar-refractivity contribution in [2.75, 3.05) is 0 Å². The summed E-state index contributed by atoms with van der Waals surface area (Å²) in [5, 5.41) is 9.43.